The van der Waals surface area contributed by atoms with E-state index in [0.717, 1.165) is 0 Å². The van der Waals surface area contributed by atoms with Gasteiger partial charge >= 0.3 is 12.1 Å². The lowest BCUT2D eigenvalue weighted by Gasteiger charge is -2.33. The predicted molar refractivity (Wildman–Crippen MR) is 123 cm³/mol. The van der Waals surface area contributed by atoms with Crippen molar-refractivity contribution in [2.45, 2.75) is 39.2 Å². The zero-order valence-electron chi connectivity index (χ0n) is 19.2. The molecule has 1 atom stereocenters. The number of benzene rings is 2. The normalized spacial score (nSPS) is 16.0. The van der Waals surface area contributed by atoms with E-state index in [9.17, 15) is 14.4 Å². The van der Waals surface area contributed by atoms with Gasteiger partial charge in [-0.2, -0.15) is 0 Å². The largest absolute Gasteiger partial charge is 0.455 e. The number of anilines is 1. The summed E-state index contributed by atoms with van der Waals surface area (Å²) >= 11 is 0. The van der Waals surface area contributed by atoms with Crippen LogP contribution in [0.25, 0.3) is 0 Å². The topological polar surface area (TPSA) is 94.2 Å². The smallest absolute Gasteiger partial charge is 0.410 e. The van der Waals surface area contributed by atoms with Crippen LogP contribution < -0.4 is 10.1 Å². The average Bonchev–Trinajstić information content (AvgIpc) is 2.78. The number of carbonyl (C=O) groups is 3. The van der Waals surface area contributed by atoms with Crippen LogP contribution in [0.3, 0.4) is 0 Å². The number of carbonyl (C=O) groups excluding carboxylic acids is 3. The SMILES string of the molecule is CC(C)(C)OC(=O)N1CCCC(C(=O)OCC(=O)Nc2ccccc2Oc2ccccc2)C1. The van der Waals surface area contributed by atoms with Crippen LogP contribution in [0.4, 0.5) is 10.5 Å². The Bertz CT molecular complexity index is 970. The predicted octanol–water partition coefficient (Wildman–Crippen LogP) is 4.61. The molecule has 1 fully saturated rings. The van der Waals surface area contributed by atoms with Crippen molar-refractivity contribution in [2.24, 2.45) is 5.92 Å². The van der Waals surface area contributed by atoms with E-state index in [4.69, 9.17) is 14.2 Å². The van der Waals surface area contributed by atoms with Crippen LogP contribution >= 0.6 is 0 Å². The van der Waals surface area contributed by atoms with Gasteiger partial charge in [0.2, 0.25) is 0 Å². The lowest BCUT2D eigenvalue weighted by atomic mass is 9.98. The summed E-state index contributed by atoms with van der Waals surface area (Å²) in [7, 11) is 0. The lowest BCUT2D eigenvalue weighted by Crippen LogP contribution is -2.45. The number of piperidine rings is 1. The zero-order valence-corrected chi connectivity index (χ0v) is 19.2. The van der Waals surface area contributed by atoms with Gasteiger partial charge in [0.25, 0.3) is 5.91 Å². The van der Waals surface area contributed by atoms with Crippen molar-refractivity contribution >= 4 is 23.7 Å². The molecule has 1 unspecified atom stereocenters. The average molecular weight is 455 g/mol. The van der Waals surface area contributed by atoms with Crippen molar-refractivity contribution < 1.29 is 28.6 Å². The second-order valence-corrected chi connectivity index (χ2v) is 8.83. The maximum Gasteiger partial charge on any atom is 0.410 e. The monoisotopic (exact) mass is 454 g/mol. The minimum atomic E-state index is -0.608. The molecular weight excluding hydrogens is 424 g/mol. The molecule has 2 amide bonds. The van der Waals surface area contributed by atoms with E-state index in [0.29, 0.717) is 36.6 Å². The number of rotatable bonds is 6. The molecule has 0 saturated carbocycles. The van der Waals surface area contributed by atoms with Gasteiger partial charge in [0.05, 0.1) is 11.6 Å². The first-order chi connectivity index (χ1) is 15.7. The third kappa shape index (κ3) is 7.52. The summed E-state index contributed by atoms with van der Waals surface area (Å²) < 4.78 is 16.4. The molecule has 0 aromatic heterocycles. The fraction of sp³-hybridized carbons (Fsp3) is 0.400. The Balaban J connectivity index is 1.51. The lowest BCUT2D eigenvalue weighted by molar-refractivity contribution is -0.153. The Morgan fingerprint density at radius 3 is 2.45 bits per heavy atom. The highest BCUT2D eigenvalue weighted by Crippen LogP contribution is 2.29. The highest BCUT2D eigenvalue weighted by atomic mass is 16.6. The van der Waals surface area contributed by atoms with E-state index < -0.39 is 36.1 Å². The molecule has 2 aromatic rings. The molecular formula is C25H30N2O6. The molecule has 1 heterocycles. The van der Waals surface area contributed by atoms with E-state index in [-0.39, 0.29) is 6.54 Å². The second-order valence-electron chi connectivity index (χ2n) is 8.83. The minimum Gasteiger partial charge on any atom is -0.455 e. The Hall–Kier alpha value is -3.55. The van der Waals surface area contributed by atoms with Crippen LogP contribution in [-0.2, 0) is 19.1 Å². The van der Waals surface area contributed by atoms with Gasteiger partial charge in [0.1, 0.15) is 11.4 Å². The van der Waals surface area contributed by atoms with Crippen LogP contribution in [0.5, 0.6) is 11.5 Å². The first kappa shape index (κ1) is 24.1. The molecule has 1 aliphatic rings. The highest BCUT2D eigenvalue weighted by Gasteiger charge is 2.32. The number of para-hydroxylation sites is 3. The van der Waals surface area contributed by atoms with Crippen LogP contribution in [0.1, 0.15) is 33.6 Å². The van der Waals surface area contributed by atoms with Crippen LogP contribution in [0.2, 0.25) is 0 Å². The van der Waals surface area contributed by atoms with Crippen molar-refractivity contribution in [3.63, 3.8) is 0 Å². The summed E-state index contributed by atoms with van der Waals surface area (Å²) in [6, 6.07) is 16.2. The number of hydrogen-bond donors (Lipinski definition) is 1. The van der Waals surface area contributed by atoms with E-state index in [2.05, 4.69) is 5.32 Å². The number of ether oxygens (including phenoxy) is 3. The third-order valence-electron chi connectivity index (χ3n) is 4.88. The van der Waals surface area contributed by atoms with Gasteiger partial charge in [-0.15, -0.1) is 0 Å². The first-order valence-electron chi connectivity index (χ1n) is 11.0. The fourth-order valence-corrected chi connectivity index (χ4v) is 3.38. The summed E-state index contributed by atoms with van der Waals surface area (Å²) in [6.07, 6.45) is 0.802. The van der Waals surface area contributed by atoms with Crippen molar-refractivity contribution in [3.05, 3.63) is 54.6 Å². The van der Waals surface area contributed by atoms with Gasteiger partial charge in [-0.25, -0.2) is 4.79 Å². The van der Waals surface area contributed by atoms with E-state index in [1.165, 1.54) is 4.90 Å². The van der Waals surface area contributed by atoms with Crippen molar-refractivity contribution in [1.29, 1.82) is 0 Å². The number of nitrogens with one attached hydrogen (secondary N) is 1. The Morgan fingerprint density at radius 2 is 1.73 bits per heavy atom. The van der Waals surface area contributed by atoms with Gasteiger partial charge in [-0.1, -0.05) is 30.3 Å². The molecule has 0 aliphatic carbocycles. The number of nitrogens with zero attached hydrogens (tertiary/aromatic N) is 1. The van der Waals surface area contributed by atoms with Crippen LogP contribution in [0.15, 0.2) is 54.6 Å². The zero-order chi connectivity index (χ0) is 23.8. The molecule has 0 spiro atoms. The van der Waals surface area contributed by atoms with Crippen LogP contribution in [-0.4, -0.2) is 48.2 Å². The number of amides is 2. The fourth-order valence-electron chi connectivity index (χ4n) is 3.38. The van der Waals surface area contributed by atoms with Crippen LogP contribution in [0, 0.1) is 5.92 Å². The summed E-state index contributed by atoms with van der Waals surface area (Å²) in [5.74, 6) is -0.367. The standard InChI is InChI=1S/C25H30N2O6/c1-25(2,3)33-24(30)27-15-9-10-18(16-27)23(29)31-17-22(28)26-20-13-7-8-14-21(20)32-19-11-5-4-6-12-19/h4-8,11-14,18H,9-10,15-17H2,1-3H3,(H,26,28). The quantitative estimate of drug-likeness (QED) is 0.641. The summed E-state index contributed by atoms with van der Waals surface area (Å²) in [5, 5.41) is 2.72. The summed E-state index contributed by atoms with van der Waals surface area (Å²) in [6.45, 7) is 5.69. The molecule has 176 valence electrons. The number of hydrogen-bond acceptors (Lipinski definition) is 6. The maximum atomic E-state index is 12.5. The Kier molecular flexibility index (Phi) is 7.92. The Morgan fingerprint density at radius 1 is 1.03 bits per heavy atom. The number of likely N-dealkylation sites (tertiary alicyclic amines) is 1. The van der Waals surface area contributed by atoms with E-state index >= 15 is 0 Å². The molecule has 8 heteroatoms. The van der Waals surface area contributed by atoms with Gasteiger partial charge in [0.15, 0.2) is 12.4 Å². The van der Waals surface area contributed by atoms with Gasteiger partial charge in [-0.05, 0) is 57.9 Å². The van der Waals surface area contributed by atoms with Gasteiger partial charge < -0.3 is 24.4 Å². The van der Waals surface area contributed by atoms with Gasteiger partial charge in [0, 0.05) is 13.1 Å². The molecule has 1 N–H and O–H groups in total. The van der Waals surface area contributed by atoms with Crippen molar-refractivity contribution in [3.8, 4) is 11.5 Å². The Labute approximate surface area is 193 Å². The first-order valence-corrected chi connectivity index (χ1v) is 11.0. The summed E-state index contributed by atoms with van der Waals surface area (Å²) in [5.41, 5.74) is -0.139. The molecule has 3 rings (SSSR count). The molecule has 1 saturated heterocycles. The summed E-state index contributed by atoms with van der Waals surface area (Å²) in [4.78, 5) is 38.7. The molecule has 0 radical (unpaired) electrons. The molecule has 33 heavy (non-hydrogen) atoms. The molecule has 0 bridgehead atoms. The second kappa shape index (κ2) is 10.8. The van der Waals surface area contributed by atoms with Crippen molar-refractivity contribution in [2.75, 3.05) is 25.0 Å². The third-order valence-corrected chi connectivity index (χ3v) is 4.88. The molecule has 2 aromatic carbocycles. The van der Waals surface area contributed by atoms with E-state index in [1.807, 2.05) is 30.3 Å². The van der Waals surface area contributed by atoms with E-state index in [1.54, 1.807) is 45.0 Å². The highest BCUT2D eigenvalue weighted by molar-refractivity contribution is 5.94. The van der Waals surface area contributed by atoms with Gasteiger partial charge in [-0.3, -0.25) is 9.59 Å². The molecule has 1 aliphatic heterocycles. The number of esters is 1. The molecule has 8 nitrogen and oxygen atoms in total. The van der Waals surface area contributed by atoms with Crippen molar-refractivity contribution in [1.82, 2.24) is 4.90 Å². The maximum absolute atomic E-state index is 12.5. The minimum absolute atomic E-state index is 0.211.